The Balaban J connectivity index is 2.09. The number of benzene rings is 2. The number of rotatable bonds is 2. The fraction of sp³-hybridized carbons (Fsp3) is 0.235. The minimum absolute atomic E-state index is 0.124. The van der Waals surface area contributed by atoms with Crippen molar-refractivity contribution in [3.05, 3.63) is 53.4 Å². The van der Waals surface area contributed by atoms with Gasteiger partial charge >= 0.3 is 0 Å². The van der Waals surface area contributed by atoms with Gasteiger partial charge in [0, 0.05) is 12.0 Å². The Morgan fingerprint density at radius 1 is 1.30 bits per heavy atom. The normalized spacial score (nSPS) is 16.6. The average Bonchev–Trinajstić information content (AvgIpc) is 3.12. The molecular weight excluding hydrogens is 300 g/mol. The highest BCUT2D eigenvalue weighted by Gasteiger charge is 2.27. The Hall–Kier alpha value is -2.47. The molecule has 0 radical (unpaired) electrons. The summed E-state index contributed by atoms with van der Waals surface area (Å²) in [6.07, 6.45) is 0.575. The van der Waals surface area contributed by atoms with E-state index in [0.29, 0.717) is 35.8 Å². The molecule has 0 saturated carbocycles. The summed E-state index contributed by atoms with van der Waals surface area (Å²) in [5.41, 5.74) is 8.07. The minimum atomic E-state index is -0.908. The second-order valence-electron chi connectivity index (χ2n) is 5.56. The van der Waals surface area contributed by atoms with E-state index in [9.17, 15) is 8.78 Å². The topological polar surface area (TPSA) is 53.1 Å². The van der Waals surface area contributed by atoms with Gasteiger partial charge in [-0.25, -0.2) is 13.8 Å². The van der Waals surface area contributed by atoms with E-state index in [1.807, 2.05) is 25.1 Å². The molecule has 0 amide bonds. The zero-order valence-electron chi connectivity index (χ0n) is 12.5. The molecule has 1 aliphatic rings. The van der Waals surface area contributed by atoms with Crippen LogP contribution in [0.4, 0.5) is 8.78 Å². The number of imidazole rings is 1. The molecule has 0 bridgehead atoms. The molecule has 2 heterocycles. The fourth-order valence-corrected chi connectivity index (χ4v) is 3.08. The summed E-state index contributed by atoms with van der Waals surface area (Å²) in [6, 6.07) is 7.90. The minimum Gasteiger partial charge on any atom is -0.489 e. The van der Waals surface area contributed by atoms with Crippen molar-refractivity contribution in [2.45, 2.75) is 19.4 Å². The molecule has 118 valence electrons. The Morgan fingerprint density at radius 3 is 2.91 bits per heavy atom. The summed E-state index contributed by atoms with van der Waals surface area (Å²) in [7, 11) is 0. The van der Waals surface area contributed by atoms with Gasteiger partial charge in [-0.05, 0) is 18.2 Å². The number of aromatic nitrogens is 2. The highest BCUT2D eigenvalue weighted by Crippen LogP contribution is 2.38. The van der Waals surface area contributed by atoms with E-state index in [1.54, 1.807) is 4.57 Å². The first-order valence-electron chi connectivity index (χ1n) is 7.48. The van der Waals surface area contributed by atoms with Crippen LogP contribution in [0, 0.1) is 11.6 Å². The number of para-hydroxylation sites is 1. The lowest BCUT2D eigenvalue weighted by atomic mass is 10.1. The Bertz CT molecular complexity index is 920. The van der Waals surface area contributed by atoms with Crippen molar-refractivity contribution in [2.75, 3.05) is 6.61 Å². The molecule has 4 rings (SSSR count). The smallest absolute Gasteiger partial charge is 0.185 e. The Morgan fingerprint density at radius 2 is 2.13 bits per heavy atom. The number of halogens is 2. The standard InChI is InChI=1S/C17H15F2N3O/c1-2-14-21-12-7-6-10(18)15(19)16(12)22(14)13-5-3-4-9-11(20)8-23-17(9)13/h3-7,11H,2,8,20H2,1H3/t11-/m1/s1. The second kappa shape index (κ2) is 5.03. The molecule has 0 unspecified atom stereocenters. The largest absolute Gasteiger partial charge is 0.489 e. The fourth-order valence-electron chi connectivity index (χ4n) is 3.08. The van der Waals surface area contributed by atoms with E-state index in [1.165, 1.54) is 6.07 Å². The molecule has 1 aromatic heterocycles. The van der Waals surface area contributed by atoms with Crippen LogP contribution in [-0.4, -0.2) is 16.2 Å². The highest BCUT2D eigenvalue weighted by atomic mass is 19.2. The molecular formula is C17H15F2N3O. The molecule has 4 nitrogen and oxygen atoms in total. The van der Waals surface area contributed by atoms with E-state index >= 15 is 0 Å². The van der Waals surface area contributed by atoms with Gasteiger partial charge < -0.3 is 10.5 Å². The predicted octanol–water partition coefficient (Wildman–Crippen LogP) is 3.26. The van der Waals surface area contributed by atoms with Crippen molar-refractivity contribution in [2.24, 2.45) is 5.73 Å². The van der Waals surface area contributed by atoms with E-state index < -0.39 is 11.6 Å². The van der Waals surface area contributed by atoms with Gasteiger partial charge in [0.25, 0.3) is 0 Å². The number of aryl methyl sites for hydroxylation is 1. The summed E-state index contributed by atoms with van der Waals surface area (Å²) in [5, 5.41) is 0. The molecule has 3 aromatic rings. The number of hydrogen-bond acceptors (Lipinski definition) is 3. The maximum absolute atomic E-state index is 14.4. The van der Waals surface area contributed by atoms with Gasteiger partial charge in [-0.3, -0.25) is 4.57 Å². The zero-order valence-corrected chi connectivity index (χ0v) is 12.5. The van der Waals surface area contributed by atoms with E-state index in [2.05, 4.69) is 4.98 Å². The molecule has 6 heteroatoms. The lowest BCUT2D eigenvalue weighted by Gasteiger charge is -2.13. The van der Waals surface area contributed by atoms with Crippen LogP contribution >= 0.6 is 0 Å². The quantitative estimate of drug-likeness (QED) is 0.790. The number of nitrogens with zero attached hydrogens (tertiary/aromatic N) is 2. The molecule has 23 heavy (non-hydrogen) atoms. The van der Waals surface area contributed by atoms with E-state index in [-0.39, 0.29) is 11.6 Å². The van der Waals surface area contributed by atoms with Gasteiger partial charge in [-0.2, -0.15) is 0 Å². The van der Waals surface area contributed by atoms with E-state index in [4.69, 9.17) is 10.5 Å². The number of fused-ring (bicyclic) bond motifs is 2. The van der Waals surface area contributed by atoms with Crippen LogP contribution in [0.25, 0.3) is 16.7 Å². The van der Waals surface area contributed by atoms with Crippen LogP contribution in [0.3, 0.4) is 0 Å². The van der Waals surface area contributed by atoms with Crippen LogP contribution in [0.15, 0.2) is 30.3 Å². The molecule has 0 spiro atoms. The number of nitrogens with two attached hydrogens (primary N) is 1. The van der Waals surface area contributed by atoms with Gasteiger partial charge in [0.1, 0.15) is 23.7 Å². The molecule has 1 atom stereocenters. The first kappa shape index (κ1) is 14.1. The van der Waals surface area contributed by atoms with Crippen molar-refractivity contribution in [1.82, 2.24) is 9.55 Å². The van der Waals surface area contributed by atoms with Gasteiger partial charge in [0.15, 0.2) is 11.6 Å². The molecule has 2 N–H and O–H groups in total. The SMILES string of the molecule is CCc1nc2ccc(F)c(F)c2n1-c1cccc2c1OC[C@H]2N. The summed E-state index contributed by atoms with van der Waals surface area (Å²) in [5.74, 6) is -0.555. The molecule has 0 fully saturated rings. The second-order valence-corrected chi connectivity index (χ2v) is 5.56. The van der Waals surface area contributed by atoms with Crippen molar-refractivity contribution in [3.8, 4) is 11.4 Å². The first-order valence-corrected chi connectivity index (χ1v) is 7.48. The van der Waals surface area contributed by atoms with Crippen molar-refractivity contribution in [3.63, 3.8) is 0 Å². The van der Waals surface area contributed by atoms with Crippen molar-refractivity contribution >= 4 is 11.0 Å². The Kier molecular flexibility index (Phi) is 3.09. The molecule has 2 aromatic carbocycles. The maximum Gasteiger partial charge on any atom is 0.185 e. The molecule has 0 saturated heterocycles. The summed E-state index contributed by atoms with van der Waals surface area (Å²) >= 11 is 0. The average molecular weight is 315 g/mol. The lowest BCUT2D eigenvalue weighted by Crippen LogP contribution is -2.10. The lowest BCUT2D eigenvalue weighted by molar-refractivity contribution is 0.332. The van der Waals surface area contributed by atoms with Crippen molar-refractivity contribution < 1.29 is 13.5 Å². The van der Waals surface area contributed by atoms with Crippen molar-refractivity contribution in [1.29, 1.82) is 0 Å². The van der Waals surface area contributed by atoms with Crippen LogP contribution in [0.5, 0.6) is 5.75 Å². The number of ether oxygens (including phenoxy) is 1. The van der Waals surface area contributed by atoms with Crippen LogP contribution < -0.4 is 10.5 Å². The Labute approximate surface area is 131 Å². The summed E-state index contributed by atoms with van der Waals surface area (Å²) in [6.45, 7) is 2.29. The van der Waals surface area contributed by atoms with Crippen LogP contribution in [0.1, 0.15) is 24.4 Å². The monoisotopic (exact) mass is 315 g/mol. The summed E-state index contributed by atoms with van der Waals surface area (Å²) < 4.78 is 35.5. The van der Waals surface area contributed by atoms with Gasteiger partial charge in [0.05, 0.1) is 17.2 Å². The third-order valence-electron chi connectivity index (χ3n) is 4.17. The summed E-state index contributed by atoms with van der Waals surface area (Å²) in [4.78, 5) is 4.42. The third-order valence-corrected chi connectivity index (χ3v) is 4.17. The number of hydrogen-bond donors (Lipinski definition) is 1. The van der Waals surface area contributed by atoms with Gasteiger partial charge in [-0.15, -0.1) is 0 Å². The maximum atomic E-state index is 14.4. The van der Waals surface area contributed by atoms with Gasteiger partial charge in [-0.1, -0.05) is 19.1 Å². The molecule has 0 aliphatic carbocycles. The zero-order chi connectivity index (χ0) is 16.1. The highest BCUT2D eigenvalue weighted by molar-refractivity contribution is 5.80. The van der Waals surface area contributed by atoms with E-state index in [0.717, 1.165) is 11.6 Å². The molecule has 1 aliphatic heterocycles. The third kappa shape index (κ3) is 1.95. The van der Waals surface area contributed by atoms with Gasteiger partial charge in [0.2, 0.25) is 0 Å². The first-order chi connectivity index (χ1) is 11.1. The van der Waals surface area contributed by atoms with Crippen LogP contribution in [-0.2, 0) is 6.42 Å². The van der Waals surface area contributed by atoms with Crippen LogP contribution in [0.2, 0.25) is 0 Å². The predicted molar refractivity (Wildman–Crippen MR) is 82.8 cm³/mol.